The SMILES string of the molecule is CCc1nnc(NC(=O)c2cc(N)cc(C)c2F)s1. The lowest BCUT2D eigenvalue weighted by atomic mass is 10.1. The molecular formula is C12H13FN4OS. The van der Waals surface area contributed by atoms with E-state index in [1.807, 2.05) is 6.92 Å². The first-order chi connectivity index (χ1) is 9.01. The summed E-state index contributed by atoms with van der Waals surface area (Å²) in [6.07, 6.45) is 0.735. The lowest BCUT2D eigenvalue weighted by molar-refractivity contribution is 0.102. The van der Waals surface area contributed by atoms with Gasteiger partial charge in [-0.05, 0) is 31.0 Å². The van der Waals surface area contributed by atoms with Gasteiger partial charge in [0.05, 0.1) is 5.56 Å². The number of rotatable bonds is 3. The molecule has 0 aliphatic heterocycles. The van der Waals surface area contributed by atoms with Crippen LogP contribution in [0.4, 0.5) is 15.2 Å². The first kappa shape index (κ1) is 13.4. The molecule has 0 unspecified atom stereocenters. The van der Waals surface area contributed by atoms with Gasteiger partial charge >= 0.3 is 0 Å². The number of hydrogen-bond acceptors (Lipinski definition) is 5. The molecule has 0 bridgehead atoms. The van der Waals surface area contributed by atoms with Crippen molar-refractivity contribution in [2.24, 2.45) is 0 Å². The maximum Gasteiger partial charge on any atom is 0.260 e. The zero-order valence-electron chi connectivity index (χ0n) is 10.5. The number of aryl methyl sites for hydroxylation is 2. The highest BCUT2D eigenvalue weighted by Gasteiger charge is 2.16. The molecule has 0 saturated heterocycles. The molecule has 7 heteroatoms. The van der Waals surface area contributed by atoms with E-state index in [9.17, 15) is 9.18 Å². The summed E-state index contributed by atoms with van der Waals surface area (Å²) in [4.78, 5) is 12.0. The first-order valence-corrected chi connectivity index (χ1v) is 6.52. The third-order valence-corrected chi connectivity index (χ3v) is 3.49. The van der Waals surface area contributed by atoms with E-state index in [4.69, 9.17) is 5.73 Å². The molecule has 5 nitrogen and oxygen atoms in total. The largest absolute Gasteiger partial charge is 0.399 e. The molecule has 1 heterocycles. The van der Waals surface area contributed by atoms with Gasteiger partial charge in [0.25, 0.3) is 5.91 Å². The Kier molecular flexibility index (Phi) is 3.75. The summed E-state index contributed by atoms with van der Waals surface area (Å²) in [5, 5.41) is 11.4. The minimum absolute atomic E-state index is 0.0919. The summed E-state index contributed by atoms with van der Waals surface area (Å²) < 4.78 is 13.9. The predicted molar refractivity (Wildman–Crippen MR) is 72.8 cm³/mol. The highest BCUT2D eigenvalue weighted by Crippen LogP contribution is 2.20. The molecule has 1 aromatic heterocycles. The standard InChI is InChI=1S/C12H13FN4OS/c1-3-9-16-17-12(19-9)15-11(18)8-5-7(14)4-6(2)10(8)13/h4-5H,3,14H2,1-2H3,(H,15,17,18). The number of hydrogen-bond donors (Lipinski definition) is 2. The number of anilines is 2. The van der Waals surface area contributed by atoms with E-state index in [2.05, 4.69) is 15.5 Å². The fourth-order valence-corrected chi connectivity index (χ4v) is 2.25. The molecule has 0 radical (unpaired) electrons. The van der Waals surface area contributed by atoms with Crippen molar-refractivity contribution in [2.45, 2.75) is 20.3 Å². The Morgan fingerprint density at radius 1 is 1.47 bits per heavy atom. The van der Waals surface area contributed by atoms with Crippen LogP contribution in [0.25, 0.3) is 0 Å². The van der Waals surface area contributed by atoms with Gasteiger partial charge < -0.3 is 5.73 Å². The normalized spacial score (nSPS) is 10.5. The van der Waals surface area contributed by atoms with Gasteiger partial charge in [0.15, 0.2) is 0 Å². The molecule has 2 rings (SSSR count). The zero-order chi connectivity index (χ0) is 14.0. The molecule has 1 amide bonds. The van der Waals surface area contributed by atoms with Gasteiger partial charge in [-0.3, -0.25) is 10.1 Å². The van der Waals surface area contributed by atoms with Gasteiger partial charge in [0.2, 0.25) is 5.13 Å². The van der Waals surface area contributed by atoms with Crippen molar-refractivity contribution in [1.29, 1.82) is 0 Å². The lowest BCUT2D eigenvalue weighted by Gasteiger charge is -2.06. The van der Waals surface area contributed by atoms with E-state index in [0.717, 1.165) is 11.4 Å². The van der Waals surface area contributed by atoms with Crippen molar-refractivity contribution in [1.82, 2.24) is 10.2 Å². The molecule has 0 spiro atoms. The number of nitrogens with two attached hydrogens (primary N) is 1. The summed E-state index contributed by atoms with van der Waals surface area (Å²) in [5.74, 6) is -1.15. The minimum Gasteiger partial charge on any atom is -0.399 e. The van der Waals surface area contributed by atoms with Gasteiger partial charge in [-0.1, -0.05) is 18.3 Å². The highest BCUT2D eigenvalue weighted by atomic mass is 32.1. The van der Waals surface area contributed by atoms with Crippen LogP contribution in [-0.4, -0.2) is 16.1 Å². The van der Waals surface area contributed by atoms with Crippen LogP contribution in [0.5, 0.6) is 0 Å². The number of aromatic nitrogens is 2. The number of halogens is 1. The smallest absolute Gasteiger partial charge is 0.260 e. The third-order valence-electron chi connectivity index (χ3n) is 2.51. The van der Waals surface area contributed by atoms with Crippen molar-refractivity contribution in [3.05, 3.63) is 34.1 Å². The minimum atomic E-state index is -0.577. The van der Waals surface area contributed by atoms with Crippen LogP contribution in [0.3, 0.4) is 0 Å². The average molecular weight is 280 g/mol. The Morgan fingerprint density at radius 3 is 2.84 bits per heavy atom. The molecule has 19 heavy (non-hydrogen) atoms. The second-order valence-corrected chi connectivity index (χ2v) is 5.07. The highest BCUT2D eigenvalue weighted by molar-refractivity contribution is 7.15. The predicted octanol–water partition coefficient (Wildman–Crippen LogP) is 2.38. The summed E-state index contributed by atoms with van der Waals surface area (Å²) >= 11 is 1.26. The molecule has 0 fully saturated rings. The Hall–Kier alpha value is -2.02. The van der Waals surface area contributed by atoms with E-state index < -0.39 is 11.7 Å². The van der Waals surface area contributed by atoms with Gasteiger partial charge in [-0.25, -0.2) is 4.39 Å². The maximum absolute atomic E-state index is 13.9. The van der Waals surface area contributed by atoms with E-state index in [0.29, 0.717) is 16.4 Å². The topological polar surface area (TPSA) is 80.9 Å². The Balaban J connectivity index is 2.25. The van der Waals surface area contributed by atoms with Crippen LogP contribution in [0.15, 0.2) is 12.1 Å². The molecular weight excluding hydrogens is 267 g/mol. The summed E-state index contributed by atoms with van der Waals surface area (Å²) in [6, 6.07) is 2.78. The number of amides is 1. The lowest BCUT2D eigenvalue weighted by Crippen LogP contribution is -2.14. The molecule has 0 saturated carbocycles. The van der Waals surface area contributed by atoms with Crippen LogP contribution in [0, 0.1) is 12.7 Å². The monoisotopic (exact) mass is 280 g/mol. The number of nitrogen functional groups attached to an aromatic ring is 1. The van der Waals surface area contributed by atoms with Crippen LogP contribution in [0.2, 0.25) is 0 Å². The molecule has 0 atom stereocenters. The number of nitrogens with zero attached hydrogens (tertiary/aromatic N) is 2. The summed E-state index contributed by atoms with van der Waals surface area (Å²) in [6.45, 7) is 3.50. The van der Waals surface area contributed by atoms with Gasteiger partial charge in [-0.15, -0.1) is 10.2 Å². The quantitative estimate of drug-likeness (QED) is 0.846. The van der Waals surface area contributed by atoms with Gasteiger partial charge in [-0.2, -0.15) is 0 Å². The van der Waals surface area contributed by atoms with Crippen molar-refractivity contribution < 1.29 is 9.18 Å². The maximum atomic E-state index is 13.9. The van der Waals surface area contributed by atoms with Gasteiger partial charge in [0.1, 0.15) is 10.8 Å². The zero-order valence-corrected chi connectivity index (χ0v) is 11.3. The Morgan fingerprint density at radius 2 is 2.21 bits per heavy atom. The van der Waals surface area contributed by atoms with Crippen LogP contribution in [0.1, 0.15) is 27.9 Å². The number of carbonyl (C=O) groups is 1. The molecule has 0 aliphatic carbocycles. The van der Waals surface area contributed by atoms with E-state index in [1.165, 1.54) is 23.5 Å². The number of carbonyl (C=O) groups excluding carboxylic acids is 1. The van der Waals surface area contributed by atoms with Crippen LogP contribution >= 0.6 is 11.3 Å². The van der Waals surface area contributed by atoms with Crippen molar-refractivity contribution in [3.8, 4) is 0 Å². The molecule has 0 aliphatic rings. The van der Waals surface area contributed by atoms with Gasteiger partial charge in [0, 0.05) is 5.69 Å². The van der Waals surface area contributed by atoms with Crippen molar-refractivity contribution in [2.75, 3.05) is 11.1 Å². The van der Waals surface area contributed by atoms with E-state index in [1.54, 1.807) is 6.92 Å². The Bertz CT molecular complexity index is 626. The second-order valence-electron chi connectivity index (χ2n) is 4.01. The first-order valence-electron chi connectivity index (χ1n) is 5.70. The van der Waals surface area contributed by atoms with E-state index in [-0.39, 0.29) is 5.56 Å². The average Bonchev–Trinajstić information content (AvgIpc) is 2.81. The summed E-state index contributed by atoms with van der Waals surface area (Å²) in [7, 11) is 0. The fourth-order valence-electron chi connectivity index (χ4n) is 1.57. The van der Waals surface area contributed by atoms with E-state index >= 15 is 0 Å². The molecule has 3 N–H and O–H groups in total. The number of benzene rings is 1. The third kappa shape index (κ3) is 2.87. The fraction of sp³-hybridized carbons (Fsp3) is 0.250. The number of nitrogens with one attached hydrogen (secondary N) is 1. The van der Waals surface area contributed by atoms with Crippen LogP contribution < -0.4 is 11.1 Å². The second kappa shape index (κ2) is 5.31. The Labute approximate surface area is 113 Å². The van der Waals surface area contributed by atoms with Crippen LogP contribution in [-0.2, 0) is 6.42 Å². The molecule has 1 aromatic carbocycles. The molecule has 2 aromatic rings. The summed E-state index contributed by atoms with van der Waals surface area (Å²) in [5.41, 5.74) is 6.19. The van der Waals surface area contributed by atoms with Crippen molar-refractivity contribution >= 4 is 28.1 Å². The van der Waals surface area contributed by atoms with Crippen molar-refractivity contribution in [3.63, 3.8) is 0 Å². The molecule has 100 valence electrons.